The van der Waals surface area contributed by atoms with Gasteiger partial charge in [0.15, 0.2) is 0 Å². The lowest BCUT2D eigenvalue weighted by Gasteiger charge is -2.39. The topological polar surface area (TPSA) is 75.3 Å². The molecular weight excluding hydrogens is 270 g/mol. The van der Waals surface area contributed by atoms with E-state index in [1.165, 1.54) is 7.11 Å². The van der Waals surface area contributed by atoms with Gasteiger partial charge < -0.3 is 9.64 Å². The lowest BCUT2D eigenvalue weighted by Crippen LogP contribution is -2.47. The molecule has 0 spiro atoms. The van der Waals surface area contributed by atoms with E-state index in [1.807, 2.05) is 18.7 Å². The van der Waals surface area contributed by atoms with Gasteiger partial charge in [-0.2, -0.15) is 5.10 Å². The van der Waals surface area contributed by atoms with Crippen LogP contribution in [0.25, 0.3) is 0 Å². The maximum atomic E-state index is 12.3. The summed E-state index contributed by atoms with van der Waals surface area (Å²) in [5.74, 6) is -0.00982. The molecule has 2 rings (SSSR count). The normalized spacial score (nSPS) is 19.4. The first-order valence-electron chi connectivity index (χ1n) is 7.29. The van der Waals surface area contributed by atoms with Crippen LogP contribution in [-0.2, 0) is 20.7 Å². The summed E-state index contributed by atoms with van der Waals surface area (Å²) in [7, 11) is 1.41. The number of hydrogen-bond donors (Lipinski definition) is 1. The molecular formula is C15H23N3O3. The standard InChI is InChI=1S/C15H23N3O3/c1-15(2,14(20)21-3)11-5-4-8-18(10-11)13(19)9-12-6-7-16-17-12/h6-7,11H,4-5,8-10H2,1-3H3,(H,16,17). The van der Waals surface area contributed by atoms with Gasteiger partial charge in [-0.15, -0.1) is 0 Å². The molecule has 0 aromatic carbocycles. The fourth-order valence-electron chi connectivity index (χ4n) is 2.88. The number of carbonyl (C=O) groups is 2. The summed E-state index contributed by atoms with van der Waals surface area (Å²) >= 11 is 0. The predicted octanol–water partition coefficient (Wildman–Crippen LogP) is 1.39. The summed E-state index contributed by atoms with van der Waals surface area (Å²) in [6, 6.07) is 1.80. The highest BCUT2D eigenvalue weighted by Crippen LogP contribution is 2.35. The third kappa shape index (κ3) is 3.43. The third-order valence-electron chi connectivity index (χ3n) is 4.41. The summed E-state index contributed by atoms with van der Waals surface area (Å²) in [6.07, 6.45) is 3.82. The van der Waals surface area contributed by atoms with Crippen LogP contribution in [0.3, 0.4) is 0 Å². The number of nitrogens with zero attached hydrogens (tertiary/aromatic N) is 2. The molecule has 2 heterocycles. The van der Waals surface area contributed by atoms with Gasteiger partial charge in [-0.3, -0.25) is 14.7 Å². The molecule has 0 bridgehead atoms. The van der Waals surface area contributed by atoms with Crippen LogP contribution in [0.5, 0.6) is 0 Å². The van der Waals surface area contributed by atoms with E-state index in [9.17, 15) is 9.59 Å². The van der Waals surface area contributed by atoms with Gasteiger partial charge in [0.25, 0.3) is 0 Å². The summed E-state index contributed by atoms with van der Waals surface area (Å²) in [5, 5.41) is 6.66. The number of ether oxygens (including phenoxy) is 1. The molecule has 1 fully saturated rings. The lowest BCUT2D eigenvalue weighted by molar-refractivity contribution is -0.156. The van der Waals surface area contributed by atoms with Crippen LogP contribution in [0, 0.1) is 11.3 Å². The Balaban J connectivity index is 2.00. The number of H-pyrrole nitrogens is 1. The number of aromatic nitrogens is 2. The van der Waals surface area contributed by atoms with Gasteiger partial charge in [0.05, 0.1) is 18.9 Å². The first-order chi connectivity index (χ1) is 9.95. The molecule has 1 aromatic heterocycles. The third-order valence-corrected chi connectivity index (χ3v) is 4.41. The Morgan fingerprint density at radius 2 is 2.29 bits per heavy atom. The number of nitrogens with one attached hydrogen (secondary N) is 1. The number of hydrogen-bond acceptors (Lipinski definition) is 4. The van der Waals surface area contributed by atoms with Crippen LogP contribution in [0.1, 0.15) is 32.4 Å². The number of aromatic amines is 1. The average Bonchev–Trinajstić information content (AvgIpc) is 2.99. The molecule has 0 aliphatic carbocycles. The van der Waals surface area contributed by atoms with Gasteiger partial charge in [-0.05, 0) is 38.7 Å². The molecule has 1 atom stereocenters. The van der Waals surface area contributed by atoms with Crippen LogP contribution in [0.15, 0.2) is 12.3 Å². The van der Waals surface area contributed by atoms with E-state index < -0.39 is 5.41 Å². The van der Waals surface area contributed by atoms with E-state index in [4.69, 9.17) is 4.74 Å². The molecule has 1 aliphatic heterocycles. The van der Waals surface area contributed by atoms with Crippen molar-refractivity contribution >= 4 is 11.9 Å². The van der Waals surface area contributed by atoms with Crippen molar-refractivity contribution in [3.63, 3.8) is 0 Å². The zero-order valence-electron chi connectivity index (χ0n) is 12.9. The SMILES string of the molecule is COC(=O)C(C)(C)C1CCCN(C(=O)Cc2ccn[nH]2)C1. The van der Waals surface area contributed by atoms with Gasteiger partial charge in [-0.1, -0.05) is 0 Å². The van der Waals surface area contributed by atoms with Crippen molar-refractivity contribution in [2.75, 3.05) is 20.2 Å². The molecule has 1 aliphatic rings. The molecule has 1 N–H and O–H groups in total. The van der Waals surface area contributed by atoms with Gasteiger partial charge in [0.1, 0.15) is 0 Å². The Labute approximate surface area is 124 Å². The highest BCUT2D eigenvalue weighted by molar-refractivity contribution is 5.79. The van der Waals surface area contributed by atoms with E-state index in [2.05, 4.69) is 10.2 Å². The molecule has 1 amide bonds. The summed E-state index contributed by atoms with van der Waals surface area (Å²) in [4.78, 5) is 26.1. The number of piperidine rings is 1. The highest BCUT2D eigenvalue weighted by atomic mass is 16.5. The van der Waals surface area contributed by atoms with Crippen LogP contribution < -0.4 is 0 Å². The molecule has 6 heteroatoms. The minimum atomic E-state index is -0.568. The summed E-state index contributed by atoms with van der Waals surface area (Å²) in [5.41, 5.74) is 0.246. The van der Waals surface area contributed by atoms with Crippen LogP contribution in [0.4, 0.5) is 0 Å². The molecule has 0 radical (unpaired) electrons. The molecule has 1 unspecified atom stereocenters. The number of amides is 1. The Morgan fingerprint density at radius 3 is 2.90 bits per heavy atom. The second-order valence-corrected chi connectivity index (χ2v) is 6.15. The van der Waals surface area contributed by atoms with E-state index in [0.717, 1.165) is 25.1 Å². The van der Waals surface area contributed by atoms with E-state index >= 15 is 0 Å². The fourth-order valence-corrected chi connectivity index (χ4v) is 2.88. The first-order valence-corrected chi connectivity index (χ1v) is 7.29. The number of methoxy groups -OCH3 is 1. The number of likely N-dealkylation sites (tertiary alicyclic amines) is 1. The Morgan fingerprint density at radius 1 is 1.52 bits per heavy atom. The minimum Gasteiger partial charge on any atom is -0.469 e. The minimum absolute atomic E-state index is 0.0737. The molecule has 1 saturated heterocycles. The zero-order chi connectivity index (χ0) is 15.5. The van der Waals surface area contributed by atoms with Crippen molar-refractivity contribution in [2.24, 2.45) is 11.3 Å². The van der Waals surface area contributed by atoms with Crippen molar-refractivity contribution < 1.29 is 14.3 Å². The van der Waals surface area contributed by atoms with Crippen molar-refractivity contribution in [2.45, 2.75) is 33.1 Å². The number of rotatable bonds is 4. The van der Waals surface area contributed by atoms with Crippen LogP contribution in [-0.4, -0.2) is 47.2 Å². The Hall–Kier alpha value is -1.85. The second kappa shape index (κ2) is 6.28. The quantitative estimate of drug-likeness (QED) is 0.851. The zero-order valence-corrected chi connectivity index (χ0v) is 12.9. The average molecular weight is 293 g/mol. The molecule has 21 heavy (non-hydrogen) atoms. The van der Waals surface area contributed by atoms with Crippen LogP contribution in [0.2, 0.25) is 0 Å². The van der Waals surface area contributed by atoms with Crippen LogP contribution >= 0.6 is 0 Å². The molecule has 6 nitrogen and oxygen atoms in total. The maximum Gasteiger partial charge on any atom is 0.311 e. The summed E-state index contributed by atoms with van der Waals surface area (Å²) < 4.78 is 4.89. The van der Waals surface area contributed by atoms with Gasteiger partial charge in [-0.25, -0.2) is 0 Å². The Kier molecular flexibility index (Phi) is 4.65. The van der Waals surface area contributed by atoms with E-state index in [0.29, 0.717) is 13.0 Å². The highest BCUT2D eigenvalue weighted by Gasteiger charge is 2.40. The van der Waals surface area contributed by atoms with E-state index in [-0.39, 0.29) is 17.8 Å². The Bertz CT molecular complexity index is 496. The predicted molar refractivity (Wildman–Crippen MR) is 77.4 cm³/mol. The maximum absolute atomic E-state index is 12.3. The van der Waals surface area contributed by atoms with Gasteiger partial charge >= 0.3 is 5.97 Å². The van der Waals surface area contributed by atoms with Crippen molar-refractivity contribution in [1.29, 1.82) is 0 Å². The molecule has 116 valence electrons. The summed E-state index contributed by atoms with van der Waals surface area (Å²) in [6.45, 7) is 5.15. The van der Waals surface area contributed by atoms with Gasteiger partial charge in [0.2, 0.25) is 5.91 Å². The van der Waals surface area contributed by atoms with Crippen molar-refractivity contribution in [3.8, 4) is 0 Å². The second-order valence-electron chi connectivity index (χ2n) is 6.15. The van der Waals surface area contributed by atoms with E-state index in [1.54, 1.807) is 12.3 Å². The number of esters is 1. The fraction of sp³-hybridized carbons (Fsp3) is 0.667. The first kappa shape index (κ1) is 15.5. The largest absolute Gasteiger partial charge is 0.469 e. The smallest absolute Gasteiger partial charge is 0.311 e. The lowest BCUT2D eigenvalue weighted by atomic mass is 9.74. The molecule has 1 aromatic rings. The van der Waals surface area contributed by atoms with Crippen molar-refractivity contribution in [1.82, 2.24) is 15.1 Å². The van der Waals surface area contributed by atoms with Gasteiger partial charge in [0, 0.05) is 25.0 Å². The molecule has 0 saturated carbocycles. The van der Waals surface area contributed by atoms with Crippen molar-refractivity contribution in [3.05, 3.63) is 18.0 Å². The number of carbonyl (C=O) groups excluding carboxylic acids is 2. The monoisotopic (exact) mass is 293 g/mol.